The van der Waals surface area contributed by atoms with Crippen LogP contribution in [0.2, 0.25) is 0 Å². The Bertz CT molecular complexity index is 286. The molecule has 0 fully saturated rings. The molecular formula is C9H15F3N4O. The number of halogens is 3. The van der Waals surface area contributed by atoms with Crippen LogP contribution >= 0.6 is 0 Å². The minimum Gasteiger partial charge on any atom is -0.308 e. The van der Waals surface area contributed by atoms with Crippen molar-refractivity contribution in [2.45, 2.75) is 0 Å². The Morgan fingerprint density at radius 1 is 1.35 bits per heavy atom. The lowest BCUT2D eigenvalue weighted by atomic mass is 9.92. The number of hydrogen-bond acceptors (Lipinski definition) is 4. The number of nitrogens with zero attached hydrogens (tertiary/aromatic N) is 1. The van der Waals surface area contributed by atoms with Crippen molar-refractivity contribution in [1.82, 2.24) is 16.2 Å². The molecule has 0 radical (unpaired) electrons. The number of nitrogens with one attached hydrogen (secondary N) is 3. The molecule has 0 saturated heterocycles. The standard InChI is InChI=1S/C9H15F3N4O/c10-4-9(5-11,6-12)8(17)16-15-7-3-13-1-2-14-7/h13H,1-6H2,(H,14,15)(H,16,17). The van der Waals surface area contributed by atoms with Gasteiger partial charge in [0.05, 0.1) is 13.1 Å². The summed E-state index contributed by atoms with van der Waals surface area (Å²) in [4.78, 5) is 15.4. The van der Waals surface area contributed by atoms with E-state index in [1.807, 2.05) is 0 Å². The van der Waals surface area contributed by atoms with Crippen LogP contribution in [0.4, 0.5) is 13.2 Å². The van der Waals surface area contributed by atoms with Crippen molar-refractivity contribution >= 4 is 11.7 Å². The average molecular weight is 252 g/mol. The van der Waals surface area contributed by atoms with Crippen LogP contribution in [0.15, 0.2) is 4.99 Å². The molecule has 0 atom stereocenters. The van der Waals surface area contributed by atoms with E-state index >= 15 is 0 Å². The number of alkyl halides is 3. The molecule has 3 N–H and O–H groups in total. The van der Waals surface area contributed by atoms with E-state index in [0.717, 1.165) is 6.54 Å². The summed E-state index contributed by atoms with van der Waals surface area (Å²) in [6.45, 7) is -2.50. The van der Waals surface area contributed by atoms with Gasteiger partial charge in [-0.3, -0.25) is 20.6 Å². The maximum Gasteiger partial charge on any atom is 0.252 e. The number of aliphatic imine (C=N–C) groups is 1. The number of amides is 1. The Hall–Kier alpha value is -1.31. The van der Waals surface area contributed by atoms with Gasteiger partial charge in [-0.2, -0.15) is 0 Å². The lowest BCUT2D eigenvalue weighted by Crippen LogP contribution is -2.54. The normalized spacial score (nSPS) is 16.3. The van der Waals surface area contributed by atoms with Crippen LogP contribution in [0, 0.1) is 5.41 Å². The zero-order valence-electron chi connectivity index (χ0n) is 9.23. The van der Waals surface area contributed by atoms with Crippen molar-refractivity contribution in [1.29, 1.82) is 0 Å². The molecule has 17 heavy (non-hydrogen) atoms. The van der Waals surface area contributed by atoms with E-state index in [1.54, 1.807) is 0 Å². The van der Waals surface area contributed by atoms with Gasteiger partial charge in [0.2, 0.25) is 0 Å². The fraction of sp³-hybridized carbons (Fsp3) is 0.778. The average Bonchev–Trinajstić information content (AvgIpc) is 2.40. The molecule has 8 heteroatoms. The summed E-state index contributed by atoms with van der Waals surface area (Å²) in [5.74, 6) is -0.617. The van der Waals surface area contributed by atoms with Crippen molar-refractivity contribution in [2.24, 2.45) is 10.4 Å². The molecule has 0 aliphatic carbocycles. The van der Waals surface area contributed by atoms with Gasteiger partial charge in [-0.05, 0) is 0 Å². The predicted octanol–water partition coefficient (Wildman–Crippen LogP) is -0.496. The summed E-state index contributed by atoms with van der Waals surface area (Å²) in [5.41, 5.74) is 2.23. The molecule has 1 heterocycles. The Morgan fingerprint density at radius 2 is 2.00 bits per heavy atom. The van der Waals surface area contributed by atoms with Gasteiger partial charge in [-0.1, -0.05) is 0 Å². The van der Waals surface area contributed by atoms with E-state index in [2.05, 4.69) is 21.2 Å². The van der Waals surface area contributed by atoms with Crippen LogP contribution < -0.4 is 16.2 Å². The fourth-order valence-electron chi connectivity index (χ4n) is 1.17. The lowest BCUT2D eigenvalue weighted by Gasteiger charge is -2.24. The van der Waals surface area contributed by atoms with E-state index in [9.17, 15) is 18.0 Å². The molecule has 1 aliphatic heterocycles. The van der Waals surface area contributed by atoms with Gasteiger partial charge in [0, 0.05) is 6.54 Å². The maximum atomic E-state index is 12.5. The van der Waals surface area contributed by atoms with Crippen molar-refractivity contribution in [3.63, 3.8) is 0 Å². The Morgan fingerprint density at radius 3 is 2.47 bits per heavy atom. The number of hydrogen-bond donors (Lipinski definition) is 3. The fourth-order valence-corrected chi connectivity index (χ4v) is 1.17. The first kappa shape index (κ1) is 13.8. The maximum absolute atomic E-state index is 12.5. The Labute approximate surface area is 96.8 Å². The monoisotopic (exact) mass is 252 g/mol. The quantitative estimate of drug-likeness (QED) is 0.591. The van der Waals surface area contributed by atoms with Gasteiger partial charge >= 0.3 is 0 Å². The molecule has 0 aromatic carbocycles. The van der Waals surface area contributed by atoms with Crippen LogP contribution in [-0.4, -0.2) is 51.4 Å². The highest BCUT2D eigenvalue weighted by Crippen LogP contribution is 2.19. The number of carbonyl (C=O) groups excluding carboxylic acids is 1. The molecule has 0 aromatic heterocycles. The van der Waals surface area contributed by atoms with Crippen LogP contribution in [0.1, 0.15) is 0 Å². The number of carbonyl (C=O) groups is 1. The first-order chi connectivity index (χ1) is 8.18. The molecule has 1 aliphatic rings. The molecule has 5 nitrogen and oxygen atoms in total. The highest BCUT2D eigenvalue weighted by molar-refractivity contribution is 5.89. The summed E-state index contributed by atoms with van der Waals surface area (Å²) in [5, 5.41) is 2.97. The molecule has 1 amide bonds. The van der Waals surface area contributed by atoms with Crippen LogP contribution in [0.3, 0.4) is 0 Å². The lowest BCUT2D eigenvalue weighted by molar-refractivity contribution is -0.134. The minimum absolute atomic E-state index is 0.411. The zero-order valence-corrected chi connectivity index (χ0v) is 9.23. The van der Waals surface area contributed by atoms with Crippen molar-refractivity contribution in [2.75, 3.05) is 39.7 Å². The predicted molar refractivity (Wildman–Crippen MR) is 56.8 cm³/mol. The summed E-state index contributed by atoms with van der Waals surface area (Å²) in [6.07, 6.45) is 0. The third-order valence-electron chi connectivity index (χ3n) is 2.45. The van der Waals surface area contributed by atoms with Gasteiger partial charge in [0.1, 0.15) is 31.3 Å². The van der Waals surface area contributed by atoms with Crippen LogP contribution in [0.5, 0.6) is 0 Å². The van der Waals surface area contributed by atoms with E-state index in [0.29, 0.717) is 18.9 Å². The largest absolute Gasteiger partial charge is 0.308 e. The van der Waals surface area contributed by atoms with Crippen LogP contribution in [0.25, 0.3) is 0 Å². The second kappa shape index (κ2) is 6.43. The third kappa shape index (κ3) is 3.32. The number of hydrazine groups is 1. The first-order valence-electron chi connectivity index (χ1n) is 5.17. The molecule has 0 unspecified atom stereocenters. The smallest absolute Gasteiger partial charge is 0.252 e. The molecule has 0 saturated carbocycles. The van der Waals surface area contributed by atoms with E-state index < -0.39 is 31.3 Å². The summed E-state index contributed by atoms with van der Waals surface area (Å²) < 4.78 is 37.6. The molecule has 0 aromatic rings. The second-order valence-electron chi connectivity index (χ2n) is 3.77. The molecule has 1 rings (SSSR count). The van der Waals surface area contributed by atoms with E-state index in [-0.39, 0.29) is 0 Å². The summed E-state index contributed by atoms with van der Waals surface area (Å²) in [6, 6.07) is 0. The van der Waals surface area contributed by atoms with Crippen molar-refractivity contribution in [3.05, 3.63) is 0 Å². The Balaban J connectivity index is 2.50. The summed E-state index contributed by atoms with van der Waals surface area (Å²) in [7, 11) is 0. The summed E-state index contributed by atoms with van der Waals surface area (Å²) >= 11 is 0. The highest BCUT2D eigenvalue weighted by atomic mass is 19.1. The topological polar surface area (TPSA) is 65.5 Å². The number of rotatable bonds is 4. The van der Waals surface area contributed by atoms with Crippen molar-refractivity contribution in [3.8, 4) is 0 Å². The second-order valence-corrected chi connectivity index (χ2v) is 3.77. The number of amidine groups is 1. The molecule has 0 bridgehead atoms. The van der Waals surface area contributed by atoms with Gasteiger partial charge in [0.25, 0.3) is 5.91 Å². The van der Waals surface area contributed by atoms with E-state index in [1.165, 1.54) is 0 Å². The molecule has 98 valence electrons. The third-order valence-corrected chi connectivity index (χ3v) is 2.45. The van der Waals surface area contributed by atoms with Crippen LogP contribution in [-0.2, 0) is 4.79 Å². The first-order valence-corrected chi connectivity index (χ1v) is 5.17. The molecular weight excluding hydrogens is 237 g/mol. The Kier molecular flexibility index (Phi) is 5.20. The SMILES string of the molecule is O=C(NNC1=NCCNC1)C(CF)(CF)CF. The van der Waals surface area contributed by atoms with Gasteiger partial charge in [-0.15, -0.1) is 0 Å². The minimum atomic E-state index is -2.25. The van der Waals surface area contributed by atoms with Gasteiger partial charge < -0.3 is 5.32 Å². The zero-order chi connectivity index (χ0) is 12.7. The molecule has 0 spiro atoms. The van der Waals surface area contributed by atoms with Gasteiger partial charge in [-0.25, -0.2) is 13.2 Å². The highest BCUT2D eigenvalue weighted by Gasteiger charge is 2.39. The van der Waals surface area contributed by atoms with Crippen molar-refractivity contribution < 1.29 is 18.0 Å². The van der Waals surface area contributed by atoms with E-state index in [4.69, 9.17) is 0 Å². The van der Waals surface area contributed by atoms with Gasteiger partial charge in [0.15, 0.2) is 0 Å².